The molecular formula is C22H37IN4O2. The van der Waals surface area contributed by atoms with E-state index in [1.54, 1.807) is 0 Å². The number of carbonyl (C=O) groups is 1. The van der Waals surface area contributed by atoms with Crippen LogP contribution in [0.4, 0.5) is 0 Å². The number of hydrogen-bond acceptors (Lipinski definition) is 3. The van der Waals surface area contributed by atoms with Gasteiger partial charge in [0.15, 0.2) is 5.96 Å². The van der Waals surface area contributed by atoms with Gasteiger partial charge in [-0.25, -0.2) is 4.99 Å². The molecule has 0 saturated carbocycles. The minimum Gasteiger partial charge on any atom is -0.378 e. The molecule has 164 valence electrons. The Balaban J connectivity index is 0.00000420. The lowest BCUT2D eigenvalue weighted by molar-refractivity contribution is 0.0263. The molecule has 0 aromatic heterocycles. The van der Waals surface area contributed by atoms with Gasteiger partial charge in [-0.1, -0.05) is 25.5 Å². The highest BCUT2D eigenvalue weighted by Crippen LogP contribution is 2.14. The van der Waals surface area contributed by atoms with Crippen molar-refractivity contribution < 1.29 is 9.53 Å². The van der Waals surface area contributed by atoms with Crippen molar-refractivity contribution in [2.75, 3.05) is 32.8 Å². The molecule has 1 aliphatic rings. The lowest BCUT2D eigenvalue weighted by Crippen LogP contribution is -2.47. The van der Waals surface area contributed by atoms with E-state index >= 15 is 0 Å². The predicted octanol–water partition coefficient (Wildman–Crippen LogP) is 3.80. The molecule has 1 amide bonds. The number of aliphatic imine (C=N–C) groups is 1. The van der Waals surface area contributed by atoms with E-state index in [-0.39, 0.29) is 29.9 Å². The number of halogens is 1. The molecule has 1 aromatic carbocycles. The summed E-state index contributed by atoms with van der Waals surface area (Å²) in [6.45, 7) is 11.2. The van der Waals surface area contributed by atoms with E-state index in [1.165, 1.54) is 0 Å². The maximum Gasteiger partial charge on any atom is 0.251 e. The Bertz CT molecular complexity index is 614. The fourth-order valence-electron chi connectivity index (χ4n) is 3.30. The first-order valence-electron chi connectivity index (χ1n) is 10.7. The lowest BCUT2D eigenvalue weighted by atomic mass is 10.1. The standard InChI is InChI=1S/C22H36N4O2.HI/c1-4-7-14-24-21(27)19-10-8-18(9-11-19)17-25-22(23-5-2)26-15-12-20(13-16-26)28-6-3;/h8-11,20H,4-7,12-17H2,1-3H3,(H,23,25)(H,24,27);1H. The molecule has 1 aliphatic heterocycles. The van der Waals surface area contributed by atoms with Gasteiger partial charge in [-0.3, -0.25) is 4.79 Å². The Hall–Kier alpha value is -1.35. The van der Waals surface area contributed by atoms with Gasteiger partial charge in [0.2, 0.25) is 0 Å². The minimum atomic E-state index is -0.00555. The van der Waals surface area contributed by atoms with Crippen LogP contribution >= 0.6 is 24.0 Å². The fraction of sp³-hybridized carbons (Fsp3) is 0.636. The molecule has 7 heteroatoms. The topological polar surface area (TPSA) is 66.0 Å². The second-order valence-electron chi connectivity index (χ2n) is 7.12. The van der Waals surface area contributed by atoms with Crippen molar-refractivity contribution >= 4 is 35.8 Å². The molecule has 0 radical (unpaired) electrons. The smallest absolute Gasteiger partial charge is 0.251 e. The number of rotatable bonds is 9. The van der Waals surface area contributed by atoms with Crippen molar-refractivity contribution in [2.24, 2.45) is 4.99 Å². The van der Waals surface area contributed by atoms with E-state index < -0.39 is 0 Å². The molecular weight excluding hydrogens is 479 g/mol. The van der Waals surface area contributed by atoms with Crippen molar-refractivity contribution in [1.82, 2.24) is 15.5 Å². The zero-order valence-electron chi connectivity index (χ0n) is 18.1. The van der Waals surface area contributed by atoms with E-state index in [1.807, 2.05) is 24.3 Å². The number of amides is 1. The predicted molar refractivity (Wildman–Crippen MR) is 130 cm³/mol. The van der Waals surface area contributed by atoms with E-state index in [4.69, 9.17) is 9.73 Å². The maximum atomic E-state index is 12.1. The molecule has 1 aromatic rings. The van der Waals surface area contributed by atoms with Crippen LogP contribution in [-0.2, 0) is 11.3 Å². The van der Waals surface area contributed by atoms with Gasteiger partial charge in [0.1, 0.15) is 0 Å². The van der Waals surface area contributed by atoms with Crippen LogP contribution in [0.3, 0.4) is 0 Å². The first-order valence-corrected chi connectivity index (χ1v) is 10.7. The Labute approximate surface area is 192 Å². The normalized spacial score (nSPS) is 15.0. The number of ether oxygens (including phenoxy) is 1. The summed E-state index contributed by atoms with van der Waals surface area (Å²) in [6.07, 6.45) is 4.54. The molecule has 0 atom stereocenters. The number of guanidine groups is 1. The average molecular weight is 516 g/mol. The summed E-state index contributed by atoms with van der Waals surface area (Å²) in [6, 6.07) is 7.74. The number of likely N-dealkylation sites (tertiary alicyclic amines) is 1. The second kappa shape index (κ2) is 14.6. The zero-order chi connectivity index (χ0) is 20.2. The van der Waals surface area contributed by atoms with Crippen LogP contribution < -0.4 is 10.6 Å². The molecule has 2 N–H and O–H groups in total. The number of hydrogen-bond donors (Lipinski definition) is 2. The molecule has 0 spiro atoms. The highest BCUT2D eigenvalue weighted by Gasteiger charge is 2.21. The van der Waals surface area contributed by atoms with Gasteiger partial charge in [0.05, 0.1) is 12.6 Å². The molecule has 0 aliphatic carbocycles. The monoisotopic (exact) mass is 516 g/mol. The Morgan fingerprint density at radius 2 is 1.83 bits per heavy atom. The molecule has 1 heterocycles. The second-order valence-corrected chi connectivity index (χ2v) is 7.12. The van der Waals surface area contributed by atoms with Gasteiger partial charge >= 0.3 is 0 Å². The Morgan fingerprint density at radius 3 is 2.41 bits per heavy atom. The van der Waals surface area contributed by atoms with Crippen LogP contribution in [0.1, 0.15) is 62.4 Å². The van der Waals surface area contributed by atoms with Gasteiger partial charge in [0, 0.05) is 38.3 Å². The molecule has 1 fully saturated rings. The first kappa shape index (κ1) is 25.7. The maximum absolute atomic E-state index is 12.1. The van der Waals surface area contributed by atoms with Crippen LogP contribution in [0.5, 0.6) is 0 Å². The highest BCUT2D eigenvalue weighted by molar-refractivity contribution is 14.0. The van der Waals surface area contributed by atoms with Gasteiger partial charge in [-0.15, -0.1) is 24.0 Å². The summed E-state index contributed by atoms with van der Waals surface area (Å²) in [5.41, 5.74) is 1.80. The van der Waals surface area contributed by atoms with Gasteiger partial charge in [-0.05, 0) is 50.8 Å². The number of piperidine rings is 1. The summed E-state index contributed by atoms with van der Waals surface area (Å²) in [4.78, 5) is 19.2. The average Bonchev–Trinajstić information content (AvgIpc) is 2.72. The third kappa shape index (κ3) is 8.90. The largest absolute Gasteiger partial charge is 0.378 e. The zero-order valence-corrected chi connectivity index (χ0v) is 20.4. The molecule has 0 unspecified atom stereocenters. The van der Waals surface area contributed by atoms with Crippen molar-refractivity contribution in [3.8, 4) is 0 Å². The summed E-state index contributed by atoms with van der Waals surface area (Å²) in [5, 5.41) is 6.35. The van der Waals surface area contributed by atoms with E-state index in [0.29, 0.717) is 18.2 Å². The molecule has 6 nitrogen and oxygen atoms in total. The van der Waals surface area contributed by atoms with Crippen LogP contribution in [0.25, 0.3) is 0 Å². The van der Waals surface area contributed by atoms with Crippen LogP contribution in [-0.4, -0.2) is 55.7 Å². The number of carbonyl (C=O) groups excluding carboxylic acids is 1. The van der Waals surface area contributed by atoms with E-state index in [0.717, 1.165) is 70.0 Å². The van der Waals surface area contributed by atoms with Crippen LogP contribution in [0.2, 0.25) is 0 Å². The summed E-state index contributed by atoms with van der Waals surface area (Å²) >= 11 is 0. The van der Waals surface area contributed by atoms with Gasteiger partial charge in [-0.2, -0.15) is 0 Å². The van der Waals surface area contributed by atoms with Crippen molar-refractivity contribution in [2.45, 2.75) is 59.1 Å². The fourth-order valence-corrected chi connectivity index (χ4v) is 3.30. The number of benzene rings is 1. The van der Waals surface area contributed by atoms with E-state index in [2.05, 4.69) is 36.3 Å². The minimum absolute atomic E-state index is 0. The van der Waals surface area contributed by atoms with Crippen LogP contribution in [0, 0.1) is 0 Å². The summed E-state index contributed by atoms with van der Waals surface area (Å²) in [5.74, 6) is 0.952. The van der Waals surface area contributed by atoms with Gasteiger partial charge < -0.3 is 20.3 Å². The SMILES string of the molecule is CCCCNC(=O)c1ccc(CN=C(NCC)N2CCC(OCC)CC2)cc1.I. The third-order valence-electron chi connectivity index (χ3n) is 4.92. The highest BCUT2D eigenvalue weighted by atomic mass is 127. The molecule has 2 rings (SSSR count). The number of nitrogens with zero attached hydrogens (tertiary/aromatic N) is 2. The van der Waals surface area contributed by atoms with Gasteiger partial charge in [0.25, 0.3) is 5.91 Å². The van der Waals surface area contributed by atoms with Crippen molar-refractivity contribution in [1.29, 1.82) is 0 Å². The first-order chi connectivity index (χ1) is 13.7. The Morgan fingerprint density at radius 1 is 1.14 bits per heavy atom. The molecule has 1 saturated heterocycles. The molecule has 0 bridgehead atoms. The van der Waals surface area contributed by atoms with E-state index in [9.17, 15) is 4.79 Å². The Kier molecular flexibility index (Phi) is 12.9. The molecule has 29 heavy (non-hydrogen) atoms. The lowest BCUT2D eigenvalue weighted by Gasteiger charge is -2.34. The van der Waals surface area contributed by atoms with Crippen LogP contribution in [0.15, 0.2) is 29.3 Å². The quantitative estimate of drug-likeness (QED) is 0.227. The number of nitrogens with one attached hydrogen (secondary N) is 2. The van der Waals surface area contributed by atoms with Crippen molar-refractivity contribution in [3.63, 3.8) is 0 Å². The summed E-state index contributed by atoms with van der Waals surface area (Å²) in [7, 11) is 0. The van der Waals surface area contributed by atoms with Crippen molar-refractivity contribution in [3.05, 3.63) is 35.4 Å². The number of unbranched alkanes of at least 4 members (excludes halogenated alkanes) is 1. The third-order valence-corrected chi connectivity index (χ3v) is 4.92. The summed E-state index contributed by atoms with van der Waals surface area (Å²) < 4.78 is 5.74.